The summed E-state index contributed by atoms with van der Waals surface area (Å²) in [6, 6.07) is 5.37. The zero-order valence-corrected chi connectivity index (χ0v) is 9.13. The highest BCUT2D eigenvalue weighted by Crippen LogP contribution is 2.14. The van der Waals surface area contributed by atoms with Crippen molar-refractivity contribution in [1.29, 1.82) is 0 Å². The molecule has 0 atom stereocenters. The van der Waals surface area contributed by atoms with Gasteiger partial charge in [-0.25, -0.2) is 0 Å². The van der Waals surface area contributed by atoms with Gasteiger partial charge in [0.05, 0.1) is 0 Å². The van der Waals surface area contributed by atoms with Crippen LogP contribution >= 0.6 is 0 Å². The predicted molar refractivity (Wildman–Crippen MR) is 62.6 cm³/mol. The van der Waals surface area contributed by atoms with E-state index in [2.05, 4.69) is 11.8 Å². The van der Waals surface area contributed by atoms with Crippen molar-refractivity contribution in [2.24, 2.45) is 0 Å². The van der Waals surface area contributed by atoms with E-state index in [1.807, 2.05) is 13.0 Å². The number of benzene rings is 1. The molecule has 0 fully saturated rings. The van der Waals surface area contributed by atoms with Crippen LogP contribution in [0, 0.1) is 18.8 Å². The molecule has 0 aliphatic heterocycles. The summed E-state index contributed by atoms with van der Waals surface area (Å²) in [5.41, 5.74) is 8.07. The summed E-state index contributed by atoms with van der Waals surface area (Å²) >= 11 is 0. The average molecular weight is 201 g/mol. The molecule has 0 unspecified atom stereocenters. The van der Waals surface area contributed by atoms with Crippen molar-refractivity contribution >= 4 is 11.5 Å². The van der Waals surface area contributed by atoms with E-state index in [9.17, 15) is 4.79 Å². The zero-order valence-electron chi connectivity index (χ0n) is 9.13. The molecule has 0 spiro atoms. The van der Waals surface area contributed by atoms with Crippen LogP contribution in [0.2, 0.25) is 0 Å². The predicted octanol–water partition coefficient (Wildman–Crippen LogP) is 2.56. The molecule has 0 aromatic heterocycles. The first-order chi connectivity index (χ1) is 7.15. The van der Waals surface area contributed by atoms with Crippen molar-refractivity contribution in [3.05, 3.63) is 29.3 Å². The summed E-state index contributed by atoms with van der Waals surface area (Å²) in [6.45, 7) is 3.68. The second-order valence-electron chi connectivity index (χ2n) is 3.42. The number of rotatable bonds is 3. The zero-order chi connectivity index (χ0) is 11.3. The van der Waals surface area contributed by atoms with Crippen molar-refractivity contribution in [1.82, 2.24) is 0 Å². The van der Waals surface area contributed by atoms with E-state index in [1.54, 1.807) is 19.1 Å². The normalized spacial score (nSPS) is 9.20. The van der Waals surface area contributed by atoms with Gasteiger partial charge in [-0.2, -0.15) is 0 Å². The summed E-state index contributed by atoms with van der Waals surface area (Å²) in [5, 5.41) is 0. The first kappa shape index (κ1) is 11.3. The van der Waals surface area contributed by atoms with Gasteiger partial charge >= 0.3 is 0 Å². The Morgan fingerprint density at radius 1 is 1.47 bits per heavy atom. The SMILES string of the molecule is CC#CCCC(=O)c1ccc(N)c(C)c1. The van der Waals surface area contributed by atoms with Crippen molar-refractivity contribution in [3.63, 3.8) is 0 Å². The summed E-state index contributed by atoms with van der Waals surface area (Å²) in [4.78, 5) is 11.7. The second kappa shape index (κ2) is 5.21. The van der Waals surface area contributed by atoms with Gasteiger partial charge in [-0.05, 0) is 37.6 Å². The Morgan fingerprint density at radius 2 is 2.20 bits per heavy atom. The molecule has 0 saturated carbocycles. The monoisotopic (exact) mass is 201 g/mol. The van der Waals surface area contributed by atoms with Crippen LogP contribution in [0.15, 0.2) is 18.2 Å². The molecular weight excluding hydrogens is 186 g/mol. The first-order valence-corrected chi connectivity index (χ1v) is 4.94. The minimum atomic E-state index is 0.126. The van der Waals surface area contributed by atoms with Gasteiger partial charge in [-0.15, -0.1) is 11.8 Å². The van der Waals surface area contributed by atoms with Crippen LogP contribution in [0.25, 0.3) is 0 Å². The number of carbonyl (C=O) groups is 1. The maximum atomic E-state index is 11.7. The van der Waals surface area contributed by atoms with E-state index in [0.717, 1.165) is 16.8 Å². The largest absolute Gasteiger partial charge is 0.399 e. The molecule has 0 radical (unpaired) electrons. The molecule has 0 bridgehead atoms. The summed E-state index contributed by atoms with van der Waals surface area (Å²) in [6.07, 6.45) is 1.10. The molecule has 1 rings (SSSR count). The molecule has 0 aliphatic carbocycles. The smallest absolute Gasteiger partial charge is 0.163 e. The third kappa shape index (κ3) is 3.14. The van der Waals surface area contributed by atoms with Gasteiger partial charge in [-0.1, -0.05) is 0 Å². The molecule has 2 nitrogen and oxygen atoms in total. The van der Waals surface area contributed by atoms with Crippen LogP contribution < -0.4 is 5.73 Å². The number of nitrogen functional groups attached to an aromatic ring is 1. The fourth-order valence-corrected chi connectivity index (χ4v) is 1.29. The number of aryl methyl sites for hydroxylation is 1. The van der Waals surface area contributed by atoms with Crippen molar-refractivity contribution in [3.8, 4) is 11.8 Å². The molecule has 1 aromatic carbocycles. The fraction of sp³-hybridized carbons (Fsp3) is 0.308. The molecule has 0 heterocycles. The lowest BCUT2D eigenvalue weighted by Crippen LogP contribution is -2.00. The van der Waals surface area contributed by atoms with Gasteiger partial charge in [0.2, 0.25) is 0 Å². The molecule has 15 heavy (non-hydrogen) atoms. The Balaban J connectivity index is 2.72. The molecule has 0 aliphatic rings. The highest BCUT2D eigenvalue weighted by Gasteiger charge is 2.05. The van der Waals surface area contributed by atoms with Gasteiger partial charge < -0.3 is 5.73 Å². The Labute approximate surface area is 90.5 Å². The number of ketones is 1. The van der Waals surface area contributed by atoms with E-state index in [1.165, 1.54) is 0 Å². The molecule has 2 heteroatoms. The van der Waals surface area contributed by atoms with Crippen LogP contribution in [0.5, 0.6) is 0 Å². The van der Waals surface area contributed by atoms with Crippen molar-refractivity contribution in [2.75, 3.05) is 5.73 Å². The standard InChI is InChI=1S/C13H15NO/c1-3-4-5-6-13(15)11-7-8-12(14)10(2)9-11/h7-9H,5-6,14H2,1-2H3. The topological polar surface area (TPSA) is 43.1 Å². The average Bonchev–Trinajstić information content (AvgIpc) is 2.22. The van der Waals surface area contributed by atoms with Crippen LogP contribution in [0.1, 0.15) is 35.7 Å². The van der Waals surface area contributed by atoms with Gasteiger partial charge in [0.15, 0.2) is 5.78 Å². The minimum absolute atomic E-state index is 0.126. The lowest BCUT2D eigenvalue weighted by atomic mass is 10.0. The van der Waals surface area contributed by atoms with Crippen molar-refractivity contribution in [2.45, 2.75) is 26.7 Å². The minimum Gasteiger partial charge on any atom is -0.399 e. The number of hydrogen-bond acceptors (Lipinski definition) is 2. The summed E-state index contributed by atoms with van der Waals surface area (Å²) in [7, 11) is 0. The van der Waals surface area contributed by atoms with Gasteiger partial charge in [0.25, 0.3) is 0 Å². The lowest BCUT2D eigenvalue weighted by Gasteiger charge is -2.03. The summed E-state index contributed by atoms with van der Waals surface area (Å²) < 4.78 is 0. The first-order valence-electron chi connectivity index (χ1n) is 4.94. The van der Waals surface area contributed by atoms with E-state index in [4.69, 9.17) is 5.73 Å². The molecular formula is C13H15NO. The number of hydrogen-bond donors (Lipinski definition) is 1. The Morgan fingerprint density at radius 3 is 2.80 bits per heavy atom. The third-order valence-electron chi connectivity index (χ3n) is 2.25. The summed E-state index contributed by atoms with van der Waals surface area (Å²) in [5.74, 6) is 5.78. The molecule has 0 amide bonds. The van der Waals surface area contributed by atoms with Crippen LogP contribution in [-0.4, -0.2) is 5.78 Å². The number of carbonyl (C=O) groups excluding carboxylic acids is 1. The van der Waals surface area contributed by atoms with E-state index in [0.29, 0.717) is 12.8 Å². The van der Waals surface area contributed by atoms with Crippen LogP contribution in [-0.2, 0) is 0 Å². The third-order valence-corrected chi connectivity index (χ3v) is 2.25. The van der Waals surface area contributed by atoms with Gasteiger partial charge in [-0.3, -0.25) is 4.79 Å². The van der Waals surface area contributed by atoms with E-state index < -0.39 is 0 Å². The molecule has 1 aromatic rings. The number of anilines is 1. The van der Waals surface area contributed by atoms with E-state index >= 15 is 0 Å². The van der Waals surface area contributed by atoms with E-state index in [-0.39, 0.29) is 5.78 Å². The molecule has 0 saturated heterocycles. The molecule has 2 N–H and O–H groups in total. The highest BCUT2D eigenvalue weighted by atomic mass is 16.1. The van der Waals surface area contributed by atoms with Gasteiger partial charge in [0, 0.05) is 24.1 Å². The Kier molecular flexibility index (Phi) is 3.93. The maximum Gasteiger partial charge on any atom is 0.163 e. The van der Waals surface area contributed by atoms with Gasteiger partial charge in [0.1, 0.15) is 0 Å². The highest BCUT2D eigenvalue weighted by molar-refractivity contribution is 5.96. The van der Waals surface area contributed by atoms with Crippen LogP contribution in [0.4, 0.5) is 5.69 Å². The lowest BCUT2D eigenvalue weighted by molar-refractivity contribution is 0.0984. The number of Topliss-reactive ketones (excluding diaryl/α,β-unsaturated/α-hetero) is 1. The second-order valence-corrected chi connectivity index (χ2v) is 3.42. The number of nitrogens with two attached hydrogens (primary N) is 1. The quantitative estimate of drug-likeness (QED) is 0.464. The fourth-order valence-electron chi connectivity index (χ4n) is 1.29. The Bertz CT molecular complexity index is 424. The molecule has 78 valence electrons. The van der Waals surface area contributed by atoms with Crippen LogP contribution in [0.3, 0.4) is 0 Å². The Hall–Kier alpha value is -1.75. The van der Waals surface area contributed by atoms with Crippen molar-refractivity contribution < 1.29 is 4.79 Å². The maximum absolute atomic E-state index is 11.7.